The molecule has 0 bridgehead atoms. The zero-order valence-corrected chi connectivity index (χ0v) is 19.4. The highest BCUT2D eigenvalue weighted by molar-refractivity contribution is 5.78. The van der Waals surface area contributed by atoms with Crippen molar-refractivity contribution in [1.29, 1.82) is 0 Å². The molecule has 34 heavy (non-hydrogen) atoms. The van der Waals surface area contributed by atoms with Crippen LogP contribution in [0.4, 0.5) is 14.5 Å². The number of imidazole rings is 1. The molecule has 4 aromatic rings. The van der Waals surface area contributed by atoms with Crippen molar-refractivity contribution in [3.8, 4) is 5.75 Å². The predicted octanol–water partition coefficient (Wildman–Crippen LogP) is 5.35. The lowest BCUT2D eigenvalue weighted by atomic mass is 10.1. The van der Waals surface area contributed by atoms with E-state index in [0.29, 0.717) is 24.4 Å². The lowest BCUT2D eigenvalue weighted by molar-refractivity contribution is 0.149. The standard InChI is InChI=1S/C27H29F2N3O2/c1-3-14-34-23-12-13-24-25(16-23)31(2)27(30-22-10-8-19(9-11-22)15-26(28)29)32(24)17-20-4-6-21(18-33)7-5-20/h4-13,16,26,33H,3,14-15,17-18H2,1-2H3/b30-27-. The summed E-state index contributed by atoms with van der Waals surface area (Å²) in [7, 11) is 1.96. The molecule has 1 N–H and O–H groups in total. The van der Waals surface area contributed by atoms with Crippen LogP contribution >= 0.6 is 0 Å². The van der Waals surface area contributed by atoms with Gasteiger partial charge in [-0.15, -0.1) is 0 Å². The molecule has 4 rings (SSSR count). The Morgan fingerprint density at radius 1 is 0.912 bits per heavy atom. The quantitative estimate of drug-likeness (QED) is 0.362. The Labute approximate surface area is 197 Å². The fourth-order valence-corrected chi connectivity index (χ4v) is 3.93. The number of rotatable bonds is 9. The van der Waals surface area contributed by atoms with Gasteiger partial charge in [-0.05, 0) is 47.4 Å². The molecular formula is C27H29F2N3O2. The van der Waals surface area contributed by atoms with Gasteiger partial charge < -0.3 is 19.0 Å². The van der Waals surface area contributed by atoms with Gasteiger partial charge in [0.1, 0.15) is 5.75 Å². The van der Waals surface area contributed by atoms with E-state index in [9.17, 15) is 13.9 Å². The predicted molar refractivity (Wildman–Crippen MR) is 130 cm³/mol. The van der Waals surface area contributed by atoms with Gasteiger partial charge in [0, 0.05) is 19.5 Å². The summed E-state index contributed by atoms with van der Waals surface area (Å²) < 4.78 is 35.4. The molecule has 0 amide bonds. The van der Waals surface area contributed by atoms with Crippen LogP contribution in [0, 0.1) is 0 Å². The van der Waals surface area contributed by atoms with Gasteiger partial charge in [-0.25, -0.2) is 13.8 Å². The van der Waals surface area contributed by atoms with Gasteiger partial charge >= 0.3 is 0 Å². The maximum Gasteiger partial charge on any atom is 0.242 e. The monoisotopic (exact) mass is 465 g/mol. The van der Waals surface area contributed by atoms with E-state index in [2.05, 4.69) is 11.5 Å². The molecule has 178 valence electrons. The first-order valence-corrected chi connectivity index (χ1v) is 11.4. The molecule has 0 spiro atoms. The number of halogens is 2. The van der Waals surface area contributed by atoms with Crippen molar-refractivity contribution in [2.45, 2.75) is 39.3 Å². The van der Waals surface area contributed by atoms with Crippen LogP contribution in [0.15, 0.2) is 71.7 Å². The number of benzene rings is 3. The molecule has 0 aliphatic rings. The Morgan fingerprint density at radius 2 is 1.59 bits per heavy atom. The van der Waals surface area contributed by atoms with Gasteiger partial charge in [-0.3, -0.25) is 0 Å². The largest absolute Gasteiger partial charge is 0.494 e. The third-order valence-electron chi connectivity index (χ3n) is 5.71. The van der Waals surface area contributed by atoms with Crippen LogP contribution in [-0.4, -0.2) is 27.3 Å². The number of alkyl halides is 2. The summed E-state index contributed by atoms with van der Waals surface area (Å²) in [6.45, 7) is 3.31. The molecule has 5 nitrogen and oxygen atoms in total. The first-order chi connectivity index (χ1) is 16.5. The normalized spacial score (nSPS) is 12.1. The molecule has 0 unspecified atom stereocenters. The van der Waals surface area contributed by atoms with Crippen LogP contribution in [-0.2, 0) is 26.6 Å². The van der Waals surface area contributed by atoms with Crippen LogP contribution in [0.2, 0.25) is 0 Å². The second-order valence-electron chi connectivity index (χ2n) is 8.29. The smallest absolute Gasteiger partial charge is 0.242 e. The zero-order valence-electron chi connectivity index (χ0n) is 19.4. The molecular weight excluding hydrogens is 436 g/mol. The maximum absolute atomic E-state index is 12.7. The lowest BCUT2D eigenvalue weighted by Gasteiger charge is -2.08. The van der Waals surface area contributed by atoms with Crippen LogP contribution in [0.5, 0.6) is 5.75 Å². The number of hydrogen-bond acceptors (Lipinski definition) is 3. The summed E-state index contributed by atoms with van der Waals surface area (Å²) in [5.74, 6) is 0.803. The number of ether oxygens (including phenoxy) is 1. The molecule has 0 atom stereocenters. The number of fused-ring (bicyclic) bond motifs is 1. The number of aliphatic hydroxyl groups excluding tert-OH is 1. The highest BCUT2D eigenvalue weighted by Crippen LogP contribution is 2.22. The number of aryl methyl sites for hydroxylation is 1. The van der Waals surface area contributed by atoms with E-state index in [4.69, 9.17) is 9.73 Å². The van der Waals surface area contributed by atoms with Crippen LogP contribution < -0.4 is 10.4 Å². The summed E-state index contributed by atoms with van der Waals surface area (Å²) >= 11 is 0. The van der Waals surface area contributed by atoms with E-state index in [1.807, 2.05) is 54.1 Å². The van der Waals surface area contributed by atoms with Crippen LogP contribution in [0.3, 0.4) is 0 Å². The Morgan fingerprint density at radius 3 is 2.24 bits per heavy atom. The second kappa shape index (κ2) is 10.7. The Balaban J connectivity index is 1.81. The van der Waals surface area contributed by atoms with Gasteiger partial charge in [0.05, 0.1) is 36.5 Å². The minimum Gasteiger partial charge on any atom is -0.494 e. The van der Waals surface area contributed by atoms with Crippen molar-refractivity contribution >= 4 is 16.7 Å². The third kappa shape index (κ3) is 5.37. The highest BCUT2D eigenvalue weighted by Gasteiger charge is 2.12. The van der Waals surface area contributed by atoms with E-state index in [0.717, 1.165) is 39.9 Å². The molecule has 0 radical (unpaired) electrons. The molecule has 7 heteroatoms. The first-order valence-electron chi connectivity index (χ1n) is 11.4. The summed E-state index contributed by atoms with van der Waals surface area (Å²) in [5.41, 5.74) is 5.93. The van der Waals surface area contributed by atoms with Gasteiger partial charge in [-0.1, -0.05) is 43.3 Å². The van der Waals surface area contributed by atoms with Crippen molar-refractivity contribution in [2.24, 2.45) is 12.0 Å². The molecule has 0 saturated carbocycles. The van der Waals surface area contributed by atoms with Crippen molar-refractivity contribution in [1.82, 2.24) is 9.13 Å². The first kappa shape index (κ1) is 23.7. The van der Waals surface area contributed by atoms with Crippen LogP contribution in [0.1, 0.15) is 30.0 Å². The van der Waals surface area contributed by atoms with Crippen molar-refractivity contribution < 1.29 is 18.6 Å². The average molecular weight is 466 g/mol. The van der Waals surface area contributed by atoms with E-state index >= 15 is 0 Å². The number of hydrogen-bond donors (Lipinski definition) is 1. The van der Waals surface area contributed by atoms with Crippen LogP contribution in [0.25, 0.3) is 11.0 Å². The van der Waals surface area contributed by atoms with E-state index in [1.165, 1.54) is 0 Å². The summed E-state index contributed by atoms with van der Waals surface area (Å²) in [6.07, 6.45) is -1.71. The molecule has 0 aliphatic heterocycles. The van der Waals surface area contributed by atoms with Gasteiger partial charge in [0.2, 0.25) is 12.0 Å². The number of aliphatic hydroxyl groups is 1. The van der Waals surface area contributed by atoms with Crippen molar-refractivity contribution in [3.05, 3.63) is 89.0 Å². The maximum atomic E-state index is 12.7. The highest BCUT2D eigenvalue weighted by atomic mass is 19.3. The van der Waals surface area contributed by atoms with Gasteiger partial charge in [0.15, 0.2) is 0 Å². The average Bonchev–Trinajstić information content (AvgIpc) is 3.09. The minimum absolute atomic E-state index is 0.00433. The molecule has 0 fully saturated rings. The number of nitrogens with zero attached hydrogens (tertiary/aromatic N) is 3. The Kier molecular flexibility index (Phi) is 7.43. The van der Waals surface area contributed by atoms with Crippen molar-refractivity contribution in [2.75, 3.05) is 6.61 Å². The fourth-order valence-electron chi connectivity index (χ4n) is 3.93. The SMILES string of the molecule is CCCOc1ccc2c(c1)n(C)/c(=N/c1ccc(CC(F)F)cc1)n2Cc1ccc(CO)cc1. The van der Waals surface area contributed by atoms with Crippen molar-refractivity contribution in [3.63, 3.8) is 0 Å². The summed E-state index contributed by atoms with van der Waals surface area (Å²) in [6, 6.07) is 20.8. The Bertz CT molecular complexity index is 1310. The van der Waals surface area contributed by atoms with Gasteiger partial charge in [-0.2, -0.15) is 0 Å². The molecule has 1 heterocycles. The minimum atomic E-state index is -2.37. The summed E-state index contributed by atoms with van der Waals surface area (Å²) in [5, 5.41) is 9.35. The lowest BCUT2D eigenvalue weighted by Crippen LogP contribution is -2.24. The molecule has 0 saturated heterocycles. The van der Waals surface area contributed by atoms with Gasteiger partial charge in [0.25, 0.3) is 0 Å². The van der Waals surface area contributed by atoms with E-state index in [1.54, 1.807) is 24.3 Å². The second-order valence-corrected chi connectivity index (χ2v) is 8.29. The Hall–Kier alpha value is -3.45. The zero-order chi connectivity index (χ0) is 24.1. The molecule has 3 aromatic carbocycles. The summed E-state index contributed by atoms with van der Waals surface area (Å²) in [4.78, 5) is 4.88. The fraction of sp³-hybridized carbons (Fsp3) is 0.296. The number of aromatic nitrogens is 2. The molecule has 1 aromatic heterocycles. The third-order valence-corrected chi connectivity index (χ3v) is 5.71. The van der Waals surface area contributed by atoms with E-state index in [-0.39, 0.29) is 13.0 Å². The topological polar surface area (TPSA) is 51.7 Å². The molecule has 0 aliphatic carbocycles. The van der Waals surface area contributed by atoms with E-state index < -0.39 is 6.43 Å².